The average Bonchev–Trinajstić information content (AvgIpc) is 2.65. The maximum Gasteiger partial charge on any atom is 0.328 e. The van der Waals surface area contributed by atoms with Crippen molar-refractivity contribution in [2.75, 3.05) is 0 Å². The van der Waals surface area contributed by atoms with Gasteiger partial charge in [0.15, 0.2) is 0 Å². The molecule has 1 N–H and O–H groups in total. The molecule has 0 unspecified atom stereocenters. The van der Waals surface area contributed by atoms with Gasteiger partial charge >= 0.3 is 5.97 Å². The quantitative estimate of drug-likeness (QED) is 0.459. The summed E-state index contributed by atoms with van der Waals surface area (Å²) in [4.78, 5) is 35.5. The van der Waals surface area contributed by atoms with E-state index in [-0.39, 0.29) is 23.6 Å². The second-order valence-corrected chi connectivity index (χ2v) is 8.92. The standard InChI is InChI=1S/C21H26N2O5/c1-13(19(24)28-12-14-2-4-18(5-3-14)23(26)27)22-20(25)21-9-15-6-16(10-21)8-17(7-15)11-21/h2-5,13,15-17H,6-12H2,1H3,(H,22,25)/t13-,15?,16?,17?,21?/m0/s1. The third-order valence-corrected chi connectivity index (χ3v) is 6.75. The fourth-order valence-corrected chi connectivity index (χ4v) is 5.79. The lowest BCUT2D eigenvalue weighted by Crippen LogP contribution is -2.55. The van der Waals surface area contributed by atoms with Crippen LogP contribution in [-0.2, 0) is 20.9 Å². The number of carbonyl (C=O) groups is 2. The lowest BCUT2D eigenvalue weighted by molar-refractivity contribution is -0.384. The predicted molar refractivity (Wildman–Crippen MR) is 101 cm³/mol. The molecule has 0 aliphatic heterocycles. The van der Waals surface area contributed by atoms with Gasteiger partial charge in [0.1, 0.15) is 12.6 Å². The highest BCUT2D eigenvalue weighted by molar-refractivity contribution is 5.88. The number of benzene rings is 1. The number of nitro benzene ring substituents is 1. The zero-order valence-electron chi connectivity index (χ0n) is 16.1. The third kappa shape index (κ3) is 3.62. The number of carbonyl (C=O) groups excluding carboxylic acids is 2. The van der Waals surface area contributed by atoms with Gasteiger partial charge in [0.05, 0.1) is 4.92 Å². The van der Waals surface area contributed by atoms with E-state index in [9.17, 15) is 19.7 Å². The number of nitrogens with one attached hydrogen (secondary N) is 1. The molecule has 4 saturated carbocycles. The second-order valence-electron chi connectivity index (χ2n) is 8.92. The molecule has 0 heterocycles. The van der Waals surface area contributed by atoms with E-state index in [4.69, 9.17) is 4.74 Å². The van der Waals surface area contributed by atoms with Crippen molar-refractivity contribution < 1.29 is 19.2 Å². The van der Waals surface area contributed by atoms with Gasteiger partial charge in [-0.3, -0.25) is 14.9 Å². The van der Waals surface area contributed by atoms with Crippen LogP contribution in [0.3, 0.4) is 0 Å². The summed E-state index contributed by atoms with van der Waals surface area (Å²) in [5.41, 5.74) is 0.367. The average molecular weight is 386 g/mol. The lowest BCUT2D eigenvalue weighted by atomic mass is 9.49. The summed E-state index contributed by atoms with van der Waals surface area (Å²) in [7, 11) is 0. The van der Waals surface area contributed by atoms with Crippen molar-refractivity contribution in [3.05, 3.63) is 39.9 Å². The number of ether oxygens (including phenoxy) is 1. The summed E-state index contributed by atoms with van der Waals surface area (Å²) in [6.07, 6.45) is 6.65. The summed E-state index contributed by atoms with van der Waals surface area (Å²) in [6.45, 7) is 1.67. The Balaban J connectivity index is 1.30. The number of nitrogens with zero attached hydrogens (tertiary/aromatic N) is 1. The van der Waals surface area contributed by atoms with Gasteiger partial charge in [-0.05, 0) is 80.9 Å². The number of nitro groups is 1. The van der Waals surface area contributed by atoms with E-state index in [0.29, 0.717) is 23.3 Å². The van der Waals surface area contributed by atoms with Crippen LogP contribution in [0.25, 0.3) is 0 Å². The Labute approximate surface area is 164 Å². The normalized spacial score (nSPS) is 31.2. The molecule has 5 rings (SSSR count). The predicted octanol–water partition coefficient (Wildman–Crippen LogP) is 3.36. The SMILES string of the molecule is C[C@H](NC(=O)C12CC3CC(CC(C3)C1)C2)C(=O)OCc1ccc([N+](=O)[O-])cc1. The Morgan fingerprint density at radius 3 is 2.18 bits per heavy atom. The summed E-state index contributed by atoms with van der Waals surface area (Å²) >= 11 is 0. The molecular weight excluding hydrogens is 360 g/mol. The van der Waals surface area contributed by atoms with E-state index >= 15 is 0 Å². The molecule has 4 bridgehead atoms. The van der Waals surface area contributed by atoms with Crippen LogP contribution in [-0.4, -0.2) is 22.8 Å². The second kappa shape index (κ2) is 7.18. The molecule has 4 aliphatic rings. The molecule has 0 aromatic heterocycles. The summed E-state index contributed by atoms with van der Waals surface area (Å²) in [6, 6.07) is 5.16. The molecule has 4 aliphatic carbocycles. The highest BCUT2D eigenvalue weighted by Crippen LogP contribution is 2.60. The number of esters is 1. The highest BCUT2D eigenvalue weighted by Gasteiger charge is 2.54. The smallest absolute Gasteiger partial charge is 0.328 e. The number of hydrogen-bond donors (Lipinski definition) is 1. The molecule has 1 amide bonds. The van der Waals surface area contributed by atoms with E-state index < -0.39 is 16.9 Å². The summed E-state index contributed by atoms with van der Waals surface area (Å²) < 4.78 is 5.29. The van der Waals surface area contributed by atoms with Gasteiger partial charge in [0.2, 0.25) is 5.91 Å². The molecule has 7 nitrogen and oxygen atoms in total. The molecule has 1 aromatic carbocycles. The first kappa shape index (κ1) is 18.9. The van der Waals surface area contributed by atoms with Crippen molar-refractivity contribution in [3.8, 4) is 0 Å². The number of hydrogen-bond acceptors (Lipinski definition) is 5. The van der Waals surface area contributed by atoms with E-state index in [2.05, 4.69) is 5.32 Å². The van der Waals surface area contributed by atoms with Gasteiger partial charge in [0, 0.05) is 17.5 Å². The molecule has 1 aromatic rings. The van der Waals surface area contributed by atoms with Crippen LogP contribution < -0.4 is 5.32 Å². The molecular formula is C21H26N2O5. The third-order valence-electron chi connectivity index (χ3n) is 6.75. The Morgan fingerprint density at radius 2 is 1.68 bits per heavy atom. The Bertz CT molecular complexity index is 753. The first-order valence-corrected chi connectivity index (χ1v) is 10.1. The molecule has 0 radical (unpaired) electrons. The van der Waals surface area contributed by atoms with E-state index in [1.165, 1.54) is 31.4 Å². The molecule has 0 saturated heterocycles. The van der Waals surface area contributed by atoms with Crippen LogP contribution in [0.5, 0.6) is 0 Å². The van der Waals surface area contributed by atoms with Gasteiger partial charge in [-0.15, -0.1) is 0 Å². The topological polar surface area (TPSA) is 98.5 Å². The van der Waals surface area contributed by atoms with Crippen LogP contribution in [0.4, 0.5) is 5.69 Å². The van der Waals surface area contributed by atoms with Gasteiger partial charge in [-0.2, -0.15) is 0 Å². The van der Waals surface area contributed by atoms with E-state index in [1.54, 1.807) is 19.1 Å². The van der Waals surface area contributed by atoms with Crippen LogP contribution >= 0.6 is 0 Å². The molecule has 0 spiro atoms. The minimum Gasteiger partial charge on any atom is -0.459 e. The minimum atomic E-state index is -0.710. The first-order chi connectivity index (χ1) is 13.3. The number of amides is 1. The molecule has 7 heteroatoms. The minimum absolute atomic E-state index is 0.00591. The molecule has 28 heavy (non-hydrogen) atoms. The molecule has 1 atom stereocenters. The lowest BCUT2D eigenvalue weighted by Gasteiger charge is -2.55. The van der Waals surface area contributed by atoms with Gasteiger partial charge < -0.3 is 10.1 Å². The fraction of sp³-hybridized carbons (Fsp3) is 0.619. The van der Waals surface area contributed by atoms with Crippen LogP contribution in [0.15, 0.2) is 24.3 Å². The fourth-order valence-electron chi connectivity index (χ4n) is 5.79. The van der Waals surface area contributed by atoms with Crippen LogP contribution in [0, 0.1) is 33.3 Å². The van der Waals surface area contributed by atoms with Crippen molar-refractivity contribution in [2.45, 2.75) is 58.1 Å². The van der Waals surface area contributed by atoms with Crippen molar-refractivity contribution >= 4 is 17.6 Å². The van der Waals surface area contributed by atoms with Crippen molar-refractivity contribution in [2.24, 2.45) is 23.2 Å². The van der Waals surface area contributed by atoms with Crippen LogP contribution in [0.2, 0.25) is 0 Å². The van der Waals surface area contributed by atoms with E-state index in [1.807, 2.05) is 0 Å². The zero-order chi connectivity index (χ0) is 19.9. The maximum atomic E-state index is 13.0. The molecule has 4 fully saturated rings. The largest absolute Gasteiger partial charge is 0.459 e. The number of non-ortho nitro benzene ring substituents is 1. The van der Waals surface area contributed by atoms with Gasteiger partial charge in [-0.25, -0.2) is 4.79 Å². The first-order valence-electron chi connectivity index (χ1n) is 10.1. The molecule has 150 valence electrons. The van der Waals surface area contributed by atoms with Crippen molar-refractivity contribution in [3.63, 3.8) is 0 Å². The Morgan fingerprint density at radius 1 is 1.14 bits per heavy atom. The Hall–Kier alpha value is -2.44. The Kier molecular flexibility index (Phi) is 4.85. The highest BCUT2D eigenvalue weighted by atomic mass is 16.6. The van der Waals surface area contributed by atoms with E-state index in [0.717, 1.165) is 19.3 Å². The summed E-state index contributed by atoms with van der Waals surface area (Å²) in [5, 5.41) is 13.6. The van der Waals surface area contributed by atoms with Gasteiger partial charge in [-0.1, -0.05) is 0 Å². The van der Waals surface area contributed by atoms with Crippen molar-refractivity contribution in [1.29, 1.82) is 0 Å². The monoisotopic (exact) mass is 386 g/mol. The maximum absolute atomic E-state index is 13.0. The van der Waals surface area contributed by atoms with Crippen molar-refractivity contribution in [1.82, 2.24) is 5.32 Å². The van der Waals surface area contributed by atoms with Gasteiger partial charge in [0.25, 0.3) is 5.69 Å². The summed E-state index contributed by atoms with van der Waals surface area (Å²) in [5.74, 6) is 1.52. The van der Waals surface area contributed by atoms with Crippen LogP contribution in [0.1, 0.15) is 51.0 Å². The number of rotatable bonds is 6. The zero-order valence-corrected chi connectivity index (χ0v) is 16.1.